The molecule has 0 spiro atoms. The third kappa shape index (κ3) is 3.24. The molecule has 0 amide bonds. The van der Waals surface area contributed by atoms with Gasteiger partial charge in [0.2, 0.25) is 0 Å². The van der Waals surface area contributed by atoms with Gasteiger partial charge in [0.1, 0.15) is 0 Å². The van der Waals surface area contributed by atoms with Crippen LogP contribution in [0.15, 0.2) is 42.5 Å². The average Bonchev–Trinajstić information content (AvgIpc) is 2.42. The molecule has 0 heterocycles. The van der Waals surface area contributed by atoms with Crippen LogP contribution in [-0.4, -0.2) is 5.78 Å². The molecule has 0 radical (unpaired) electrons. The quantitative estimate of drug-likeness (QED) is 0.564. The molecule has 0 aliphatic heterocycles. The lowest BCUT2D eigenvalue weighted by molar-refractivity contribution is 0.103. The van der Waals surface area contributed by atoms with Crippen LogP contribution in [0.2, 0.25) is 0 Å². The van der Waals surface area contributed by atoms with E-state index in [-0.39, 0.29) is 5.78 Å². The van der Waals surface area contributed by atoms with Crippen molar-refractivity contribution in [3.63, 3.8) is 0 Å². The molecule has 0 atom stereocenters. The molecule has 1 nitrogen and oxygen atoms in total. The summed E-state index contributed by atoms with van der Waals surface area (Å²) in [6, 6.07) is 13.9. The van der Waals surface area contributed by atoms with Crippen molar-refractivity contribution in [3.8, 4) is 0 Å². The zero-order valence-corrected chi connectivity index (χ0v) is 13.4. The predicted octanol–water partition coefficient (Wildman–Crippen LogP) is 4.78. The first kappa shape index (κ1) is 14.3. The topological polar surface area (TPSA) is 17.1 Å². The number of hydrogen-bond acceptors (Lipinski definition) is 1. The molecule has 0 N–H and O–H groups in total. The number of ketones is 1. The number of benzene rings is 2. The summed E-state index contributed by atoms with van der Waals surface area (Å²) in [4.78, 5) is 12.6. The lowest BCUT2D eigenvalue weighted by Gasteiger charge is -2.07. The lowest BCUT2D eigenvalue weighted by Crippen LogP contribution is -2.05. The van der Waals surface area contributed by atoms with Crippen LogP contribution in [0, 0.1) is 10.5 Å². The van der Waals surface area contributed by atoms with Crippen LogP contribution in [0.25, 0.3) is 0 Å². The minimum absolute atomic E-state index is 0.117. The Kier molecular flexibility index (Phi) is 4.75. The van der Waals surface area contributed by atoms with Gasteiger partial charge in [-0.3, -0.25) is 4.79 Å². The number of carbonyl (C=O) groups is 1. The van der Waals surface area contributed by atoms with E-state index in [0.29, 0.717) is 0 Å². The highest BCUT2D eigenvalue weighted by Gasteiger charge is 2.13. The van der Waals surface area contributed by atoms with Crippen molar-refractivity contribution < 1.29 is 4.79 Å². The monoisotopic (exact) mass is 364 g/mol. The average molecular weight is 364 g/mol. The van der Waals surface area contributed by atoms with Crippen molar-refractivity contribution in [2.75, 3.05) is 0 Å². The third-order valence-electron chi connectivity index (χ3n) is 3.16. The summed E-state index contributed by atoms with van der Waals surface area (Å²) in [7, 11) is 0. The molecular weight excluding hydrogens is 347 g/mol. The van der Waals surface area contributed by atoms with Crippen molar-refractivity contribution in [1.82, 2.24) is 0 Å². The Hall–Kier alpha value is -1.16. The Bertz CT molecular complexity index is 602. The van der Waals surface area contributed by atoms with Crippen molar-refractivity contribution in [1.29, 1.82) is 0 Å². The minimum atomic E-state index is 0.117. The molecule has 19 heavy (non-hydrogen) atoms. The first-order valence-corrected chi connectivity index (χ1v) is 7.60. The number of aryl methyl sites for hydroxylation is 2. The van der Waals surface area contributed by atoms with Crippen LogP contribution in [-0.2, 0) is 6.42 Å². The number of halogens is 1. The molecule has 0 saturated heterocycles. The largest absolute Gasteiger partial charge is 0.289 e. The fraction of sp³-hybridized carbons (Fsp3) is 0.235. The van der Waals surface area contributed by atoms with Crippen LogP contribution in [0.4, 0.5) is 0 Å². The maximum Gasteiger partial charge on any atom is 0.194 e. The van der Waals surface area contributed by atoms with E-state index in [4.69, 9.17) is 0 Å². The SMILES string of the molecule is CCCc1cccc(C(=O)c2cccc(C)c2I)c1. The Morgan fingerprint density at radius 1 is 1.16 bits per heavy atom. The molecule has 2 rings (SSSR count). The molecule has 0 aliphatic rings. The molecule has 0 unspecified atom stereocenters. The standard InChI is InChI=1S/C17H17IO/c1-3-6-13-8-5-9-14(11-13)17(19)15-10-4-7-12(2)16(15)18/h4-5,7-11H,3,6H2,1-2H3. The van der Waals surface area contributed by atoms with E-state index < -0.39 is 0 Å². The molecule has 2 aromatic carbocycles. The Labute approximate surface area is 128 Å². The second-order valence-corrected chi connectivity index (χ2v) is 5.79. The number of carbonyl (C=O) groups excluding carboxylic acids is 1. The summed E-state index contributed by atoms with van der Waals surface area (Å²) in [6.45, 7) is 4.18. The van der Waals surface area contributed by atoms with Crippen molar-refractivity contribution in [2.24, 2.45) is 0 Å². The van der Waals surface area contributed by atoms with Crippen LogP contribution < -0.4 is 0 Å². The van der Waals surface area contributed by atoms with E-state index in [2.05, 4.69) is 35.6 Å². The maximum absolute atomic E-state index is 12.6. The van der Waals surface area contributed by atoms with E-state index in [9.17, 15) is 4.79 Å². The van der Waals surface area contributed by atoms with Gasteiger partial charge in [-0.15, -0.1) is 0 Å². The molecule has 0 fully saturated rings. The van der Waals surface area contributed by atoms with Gasteiger partial charge in [-0.1, -0.05) is 43.7 Å². The van der Waals surface area contributed by atoms with Crippen molar-refractivity contribution in [2.45, 2.75) is 26.7 Å². The lowest BCUT2D eigenvalue weighted by atomic mass is 9.99. The molecule has 0 bridgehead atoms. The minimum Gasteiger partial charge on any atom is -0.289 e. The molecule has 98 valence electrons. The zero-order valence-electron chi connectivity index (χ0n) is 11.2. The summed E-state index contributed by atoms with van der Waals surface area (Å²) in [5.41, 5.74) is 3.97. The summed E-state index contributed by atoms with van der Waals surface area (Å²) >= 11 is 2.25. The fourth-order valence-corrected chi connectivity index (χ4v) is 2.74. The summed E-state index contributed by atoms with van der Waals surface area (Å²) in [6.07, 6.45) is 2.12. The molecule has 0 saturated carbocycles. The summed E-state index contributed by atoms with van der Waals surface area (Å²) in [5, 5.41) is 0. The zero-order chi connectivity index (χ0) is 13.8. The summed E-state index contributed by atoms with van der Waals surface area (Å²) in [5.74, 6) is 0.117. The van der Waals surface area contributed by atoms with Gasteiger partial charge >= 0.3 is 0 Å². The van der Waals surface area contributed by atoms with E-state index in [1.54, 1.807) is 0 Å². The second kappa shape index (κ2) is 6.33. The predicted molar refractivity (Wildman–Crippen MR) is 87.8 cm³/mol. The highest BCUT2D eigenvalue weighted by Crippen LogP contribution is 2.20. The van der Waals surface area contributed by atoms with E-state index in [1.165, 1.54) is 5.56 Å². The Morgan fingerprint density at radius 3 is 2.63 bits per heavy atom. The van der Waals surface area contributed by atoms with Gasteiger partial charge in [0.15, 0.2) is 5.78 Å². The van der Waals surface area contributed by atoms with Gasteiger partial charge in [-0.05, 0) is 59.2 Å². The second-order valence-electron chi connectivity index (χ2n) is 4.72. The van der Waals surface area contributed by atoms with Gasteiger partial charge in [0.05, 0.1) is 0 Å². The van der Waals surface area contributed by atoms with E-state index >= 15 is 0 Å². The Morgan fingerprint density at radius 2 is 1.89 bits per heavy atom. The maximum atomic E-state index is 12.6. The van der Waals surface area contributed by atoms with Gasteiger partial charge in [-0.2, -0.15) is 0 Å². The number of hydrogen-bond donors (Lipinski definition) is 0. The van der Waals surface area contributed by atoms with Crippen LogP contribution in [0.5, 0.6) is 0 Å². The highest BCUT2D eigenvalue weighted by molar-refractivity contribution is 14.1. The first-order valence-electron chi connectivity index (χ1n) is 6.52. The molecule has 0 aliphatic carbocycles. The fourth-order valence-electron chi connectivity index (χ4n) is 2.14. The van der Waals surface area contributed by atoms with E-state index in [1.807, 2.05) is 43.3 Å². The van der Waals surface area contributed by atoms with Gasteiger partial charge in [0.25, 0.3) is 0 Å². The normalized spacial score (nSPS) is 10.5. The van der Waals surface area contributed by atoms with Gasteiger partial charge in [0, 0.05) is 14.7 Å². The third-order valence-corrected chi connectivity index (χ3v) is 4.60. The molecule has 2 aromatic rings. The first-order chi connectivity index (χ1) is 9.13. The Balaban J connectivity index is 2.38. The van der Waals surface area contributed by atoms with Crippen LogP contribution in [0.1, 0.15) is 40.4 Å². The molecule has 0 aromatic heterocycles. The van der Waals surface area contributed by atoms with Crippen molar-refractivity contribution >= 4 is 28.4 Å². The van der Waals surface area contributed by atoms with Crippen molar-refractivity contribution in [3.05, 3.63) is 68.3 Å². The van der Waals surface area contributed by atoms with Gasteiger partial charge in [-0.25, -0.2) is 0 Å². The molecule has 2 heteroatoms. The summed E-state index contributed by atoms with van der Waals surface area (Å²) < 4.78 is 1.05. The van der Waals surface area contributed by atoms with E-state index in [0.717, 1.165) is 33.1 Å². The number of rotatable bonds is 4. The highest BCUT2D eigenvalue weighted by atomic mass is 127. The smallest absolute Gasteiger partial charge is 0.194 e. The molecular formula is C17H17IO. The van der Waals surface area contributed by atoms with Gasteiger partial charge < -0.3 is 0 Å². The van der Waals surface area contributed by atoms with Crippen LogP contribution >= 0.6 is 22.6 Å². The van der Waals surface area contributed by atoms with Crippen LogP contribution in [0.3, 0.4) is 0 Å².